The number of rotatable bonds is 8. The molecule has 1 aromatic heterocycles. The number of thiophene rings is 1. The first-order valence-corrected chi connectivity index (χ1v) is 10.8. The van der Waals surface area contributed by atoms with E-state index in [0.29, 0.717) is 12.6 Å². The molecule has 0 fully saturated rings. The lowest BCUT2D eigenvalue weighted by molar-refractivity contribution is -0.123. The Morgan fingerprint density at radius 3 is 2.64 bits per heavy atom. The van der Waals surface area contributed by atoms with Gasteiger partial charge in [0.2, 0.25) is 11.8 Å². The molecule has 2 N–H and O–H groups in total. The van der Waals surface area contributed by atoms with Crippen LogP contribution in [0.2, 0.25) is 0 Å². The number of fused-ring (bicyclic) bond motifs is 1. The second kappa shape index (κ2) is 9.85. The summed E-state index contributed by atoms with van der Waals surface area (Å²) in [4.78, 5) is 27.5. The Bertz CT molecular complexity index is 791. The van der Waals surface area contributed by atoms with E-state index in [1.165, 1.54) is 18.1 Å². The average molecular weight is 400 g/mol. The Morgan fingerprint density at radius 1 is 1.18 bits per heavy atom. The van der Waals surface area contributed by atoms with E-state index in [1.54, 1.807) is 11.3 Å². The molecule has 28 heavy (non-hydrogen) atoms. The smallest absolute Gasteiger partial charge is 0.222 e. The zero-order valence-electron chi connectivity index (χ0n) is 16.6. The first kappa shape index (κ1) is 20.6. The van der Waals surface area contributed by atoms with Crippen LogP contribution in [0.5, 0.6) is 0 Å². The van der Waals surface area contributed by atoms with E-state index in [0.717, 1.165) is 30.8 Å². The highest BCUT2D eigenvalue weighted by Crippen LogP contribution is 2.23. The normalized spacial score (nSPS) is 16.1. The predicted octanol–water partition coefficient (Wildman–Crippen LogP) is 3.27. The molecule has 1 aromatic carbocycles. The molecule has 0 bridgehead atoms. The lowest BCUT2D eigenvalue weighted by Gasteiger charge is -2.35. The maximum Gasteiger partial charge on any atom is 0.222 e. The summed E-state index contributed by atoms with van der Waals surface area (Å²) in [7, 11) is 0. The van der Waals surface area contributed by atoms with Gasteiger partial charge in [-0.05, 0) is 35.4 Å². The van der Waals surface area contributed by atoms with Crippen molar-refractivity contribution < 1.29 is 9.59 Å². The summed E-state index contributed by atoms with van der Waals surface area (Å²) in [5.41, 5.74) is 2.83. The van der Waals surface area contributed by atoms with Crippen molar-refractivity contribution >= 4 is 23.2 Å². The first-order valence-electron chi connectivity index (χ1n) is 9.94. The van der Waals surface area contributed by atoms with Gasteiger partial charge in [-0.15, -0.1) is 11.3 Å². The summed E-state index contributed by atoms with van der Waals surface area (Å²) in [5.74, 6) is -0.146. The Hall–Kier alpha value is -2.18. The van der Waals surface area contributed by atoms with Crippen molar-refractivity contribution in [3.8, 4) is 0 Å². The molecular formula is C22H29N3O2S. The molecule has 5 nitrogen and oxygen atoms in total. The zero-order valence-corrected chi connectivity index (χ0v) is 17.4. The number of nitrogens with one attached hydrogen (secondary N) is 2. The fourth-order valence-electron chi connectivity index (χ4n) is 3.81. The van der Waals surface area contributed by atoms with Crippen LogP contribution in [-0.2, 0) is 22.6 Å². The van der Waals surface area contributed by atoms with E-state index < -0.39 is 0 Å². The maximum atomic E-state index is 12.6. The molecule has 3 rings (SSSR count). The van der Waals surface area contributed by atoms with Crippen molar-refractivity contribution in [2.24, 2.45) is 0 Å². The largest absolute Gasteiger partial charge is 0.354 e. The second-order valence-corrected chi connectivity index (χ2v) is 8.31. The number of carbonyl (C=O) groups is 2. The molecule has 0 saturated heterocycles. The van der Waals surface area contributed by atoms with Crippen LogP contribution in [0, 0.1) is 0 Å². The summed E-state index contributed by atoms with van der Waals surface area (Å²) < 4.78 is 0. The number of carbonyl (C=O) groups excluding carboxylic acids is 2. The van der Waals surface area contributed by atoms with Gasteiger partial charge in [0.05, 0.1) is 12.5 Å². The van der Waals surface area contributed by atoms with Gasteiger partial charge < -0.3 is 10.6 Å². The van der Waals surface area contributed by atoms with Crippen molar-refractivity contribution in [2.45, 2.75) is 51.7 Å². The Kier molecular flexibility index (Phi) is 7.23. The molecule has 1 aliphatic rings. The average Bonchev–Trinajstić information content (AvgIpc) is 3.22. The minimum atomic E-state index is -0.264. The van der Waals surface area contributed by atoms with Crippen LogP contribution in [0.1, 0.15) is 48.7 Å². The molecule has 2 amide bonds. The third kappa shape index (κ3) is 5.42. The summed E-state index contributed by atoms with van der Waals surface area (Å²) in [6.45, 7) is 6.25. The summed E-state index contributed by atoms with van der Waals surface area (Å²) in [6.07, 6.45) is 2.31. The fourth-order valence-corrected chi connectivity index (χ4v) is 4.59. The van der Waals surface area contributed by atoms with Crippen molar-refractivity contribution in [3.63, 3.8) is 0 Å². The molecule has 2 atom stereocenters. The third-order valence-corrected chi connectivity index (χ3v) is 6.32. The van der Waals surface area contributed by atoms with Gasteiger partial charge in [-0.25, -0.2) is 0 Å². The van der Waals surface area contributed by atoms with Crippen LogP contribution in [0.3, 0.4) is 0 Å². The predicted molar refractivity (Wildman–Crippen MR) is 113 cm³/mol. The highest BCUT2D eigenvalue weighted by Gasteiger charge is 2.23. The fraction of sp³-hybridized carbons (Fsp3) is 0.455. The van der Waals surface area contributed by atoms with Crippen molar-refractivity contribution in [3.05, 3.63) is 57.8 Å². The Labute approximate surface area is 171 Å². The summed E-state index contributed by atoms with van der Waals surface area (Å²) in [5, 5.41) is 7.94. The molecule has 0 aliphatic carbocycles. The van der Waals surface area contributed by atoms with Crippen LogP contribution >= 0.6 is 11.3 Å². The molecule has 0 saturated carbocycles. The van der Waals surface area contributed by atoms with Crippen LogP contribution < -0.4 is 10.6 Å². The monoisotopic (exact) mass is 399 g/mol. The highest BCUT2D eigenvalue weighted by atomic mass is 32.1. The number of benzene rings is 1. The Morgan fingerprint density at radius 2 is 1.96 bits per heavy atom. The van der Waals surface area contributed by atoms with Crippen molar-refractivity contribution in [1.82, 2.24) is 15.5 Å². The second-order valence-electron chi connectivity index (χ2n) is 7.33. The quantitative estimate of drug-likeness (QED) is 0.716. The minimum Gasteiger partial charge on any atom is -0.354 e. The Balaban J connectivity index is 1.54. The van der Waals surface area contributed by atoms with Gasteiger partial charge >= 0.3 is 0 Å². The van der Waals surface area contributed by atoms with E-state index in [9.17, 15) is 9.59 Å². The van der Waals surface area contributed by atoms with Gasteiger partial charge in [-0.3, -0.25) is 14.5 Å². The minimum absolute atomic E-state index is 0.0250. The van der Waals surface area contributed by atoms with Gasteiger partial charge in [0.25, 0.3) is 0 Å². The van der Waals surface area contributed by atoms with E-state index in [2.05, 4.69) is 46.7 Å². The van der Waals surface area contributed by atoms with Gasteiger partial charge in [-0.2, -0.15) is 0 Å². The van der Waals surface area contributed by atoms with Crippen molar-refractivity contribution in [2.75, 3.05) is 13.1 Å². The molecule has 1 aliphatic heterocycles. The van der Waals surface area contributed by atoms with E-state index >= 15 is 0 Å². The van der Waals surface area contributed by atoms with Gasteiger partial charge in [0, 0.05) is 37.5 Å². The molecule has 2 heterocycles. The molecule has 0 radical (unpaired) electrons. The van der Waals surface area contributed by atoms with E-state index in [-0.39, 0.29) is 24.3 Å². The first-order chi connectivity index (χ1) is 13.6. The van der Waals surface area contributed by atoms with Crippen molar-refractivity contribution in [1.29, 1.82) is 0 Å². The highest BCUT2D eigenvalue weighted by molar-refractivity contribution is 7.10. The summed E-state index contributed by atoms with van der Waals surface area (Å²) in [6, 6.07) is 12.6. The molecule has 2 aromatic rings. The lowest BCUT2D eigenvalue weighted by Crippen LogP contribution is -2.46. The maximum absolute atomic E-state index is 12.6. The lowest BCUT2D eigenvalue weighted by atomic mass is 9.98. The van der Waals surface area contributed by atoms with Crippen LogP contribution in [0.15, 0.2) is 41.8 Å². The number of nitrogens with zero attached hydrogens (tertiary/aromatic N) is 1. The van der Waals surface area contributed by atoms with Crippen LogP contribution in [0.4, 0.5) is 0 Å². The standard InChI is InChI=1S/C22H29N3O2S/c1-3-19(25-11-10-17-7-4-5-8-18(17)15-25)14-23-22(27)13-20(24-16(2)26)21-9-6-12-28-21/h4-9,12,19-20H,3,10-11,13-15H2,1-2H3,(H,23,27)(H,24,26). The molecule has 0 spiro atoms. The van der Waals surface area contributed by atoms with Crippen LogP contribution in [-0.4, -0.2) is 35.8 Å². The molecule has 2 unspecified atom stereocenters. The number of hydrogen-bond donors (Lipinski definition) is 2. The van der Waals surface area contributed by atoms with E-state index in [1.807, 2.05) is 17.5 Å². The summed E-state index contributed by atoms with van der Waals surface area (Å²) >= 11 is 1.56. The topological polar surface area (TPSA) is 61.4 Å². The third-order valence-electron chi connectivity index (χ3n) is 5.34. The number of amides is 2. The molecule has 6 heteroatoms. The molecule has 150 valence electrons. The molecular weight excluding hydrogens is 370 g/mol. The number of hydrogen-bond acceptors (Lipinski definition) is 4. The van der Waals surface area contributed by atoms with E-state index in [4.69, 9.17) is 0 Å². The van der Waals surface area contributed by atoms with Crippen LogP contribution in [0.25, 0.3) is 0 Å². The SMILES string of the molecule is CCC(CNC(=O)CC(NC(C)=O)c1cccs1)N1CCc2ccccc2C1. The van der Waals surface area contributed by atoms with Gasteiger partial charge in [0.1, 0.15) is 0 Å². The van der Waals surface area contributed by atoms with Gasteiger partial charge in [0.15, 0.2) is 0 Å². The van der Waals surface area contributed by atoms with Gasteiger partial charge in [-0.1, -0.05) is 37.3 Å². The zero-order chi connectivity index (χ0) is 19.9.